The average Bonchev–Trinajstić information content (AvgIpc) is 2.48. The second-order valence-electron chi connectivity index (χ2n) is 2.32. The van der Waals surface area contributed by atoms with Gasteiger partial charge in [-0.05, 0) is 40.1 Å². The van der Waals surface area contributed by atoms with Gasteiger partial charge >= 0.3 is 0 Å². The third kappa shape index (κ3) is 1.24. The van der Waals surface area contributed by atoms with Gasteiger partial charge in [0.25, 0.3) is 0 Å². The average molecular weight is 313 g/mol. The smallest absolute Gasteiger partial charge is 0.154 e. The van der Waals surface area contributed by atoms with Crippen molar-refractivity contribution < 1.29 is 4.39 Å². The zero-order valence-corrected chi connectivity index (χ0v) is 9.50. The molecule has 2 aromatic rings. The number of hydrogen-bond acceptors (Lipinski definition) is 1. The standard InChI is InChI=1S/C8H3ClFIS/c9-5-3-6(11)7(10)8-4(5)1-2-12-8/h1-3H. The van der Waals surface area contributed by atoms with Gasteiger partial charge in [-0.3, -0.25) is 0 Å². The maximum atomic E-state index is 13.4. The van der Waals surface area contributed by atoms with Crippen molar-refractivity contribution >= 4 is 55.6 Å². The molecule has 0 aliphatic rings. The van der Waals surface area contributed by atoms with Gasteiger partial charge < -0.3 is 0 Å². The van der Waals surface area contributed by atoms with Gasteiger partial charge in [0.05, 0.1) is 13.3 Å². The zero-order valence-electron chi connectivity index (χ0n) is 5.77. The summed E-state index contributed by atoms with van der Waals surface area (Å²) in [5, 5.41) is 3.27. The quantitative estimate of drug-likeness (QED) is 0.502. The Balaban J connectivity index is 2.97. The van der Waals surface area contributed by atoms with E-state index in [1.54, 1.807) is 6.07 Å². The minimum atomic E-state index is -0.162. The fourth-order valence-corrected chi connectivity index (χ4v) is 3.16. The number of thiophene rings is 1. The van der Waals surface area contributed by atoms with E-state index in [-0.39, 0.29) is 5.82 Å². The molecule has 0 spiro atoms. The summed E-state index contributed by atoms with van der Waals surface area (Å²) in [6.45, 7) is 0. The lowest BCUT2D eigenvalue weighted by atomic mass is 10.2. The van der Waals surface area contributed by atoms with E-state index in [1.165, 1.54) is 11.3 Å². The molecule has 62 valence electrons. The molecule has 0 saturated carbocycles. The van der Waals surface area contributed by atoms with Gasteiger partial charge in [0.2, 0.25) is 0 Å². The highest BCUT2D eigenvalue weighted by atomic mass is 127. The van der Waals surface area contributed by atoms with Gasteiger partial charge in [0, 0.05) is 5.39 Å². The lowest BCUT2D eigenvalue weighted by molar-refractivity contribution is 0.634. The number of rotatable bonds is 0. The highest BCUT2D eigenvalue weighted by molar-refractivity contribution is 14.1. The predicted molar refractivity (Wildman–Crippen MR) is 59.5 cm³/mol. The fraction of sp³-hybridized carbons (Fsp3) is 0. The maximum Gasteiger partial charge on any atom is 0.154 e. The lowest BCUT2D eigenvalue weighted by Gasteiger charge is -1.97. The van der Waals surface area contributed by atoms with Gasteiger partial charge in [0.15, 0.2) is 5.82 Å². The van der Waals surface area contributed by atoms with Crippen LogP contribution in [0.25, 0.3) is 10.1 Å². The molecule has 0 amide bonds. The van der Waals surface area contributed by atoms with Gasteiger partial charge in [-0.2, -0.15) is 0 Å². The Labute approximate surface area is 91.5 Å². The molecule has 0 atom stereocenters. The molecule has 0 unspecified atom stereocenters. The van der Waals surface area contributed by atoms with E-state index in [9.17, 15) is 4.39 Å². The third-order valence-corrected chi connectivity index (χ3v) is 3.59. The highest BCUT2D eigenvalue weighted by Gasteiger charge is 2.09. The van der Waals surface area contributed by atoms with Crippen LogP contribution in [-0.2, 0) is 0 Å². The van der Waals surface area contributed by atoms with E-state index < -0.39 is 0 Å². The van der Waals surface area contributed by atoms with Crippen LogP contribution in [0.5, 0.6) is 0 Å². The first-order valence-electron chi connectivity index (χ1n) is 3.21. The minimum Gasteiger partial charge on any atom is -0.204 e. The van der Waals surface area contributed by atoms with E-state index in [4.69, 9.17) is 11.6 Å². The SMILES string of the molecule is Fc1c(I)cc(Cl)c2ccsc12. The largest absolute Gasteiger partial charge is 0.204 e. The Morgan fingerprint density at radius 2 is 2.25 bits per heavy atom. The van der Waals surface area contributed by atoms with Crippen molar-refractivity contribution in [2.45, 2.75) is 0 Å². The summed E-state index contributed by atoms with van der Waals surface area (Å²) >= 11 is 9.23. The topological polar surface area (TPSA) is 0 Å². The van der Waals surface area contributed by atoms with E-state index in [1.807, 2.05) is 34.0 Å². The third-order valence-electron chi connectivity index (χ3n) is 1.59. The van der Waals surface area contributed by atoms with Crippen LogP contribution < -0.4 is 0 Å². The highest BCUT2D eigenvalue weighted by Crippen LogP contribution is 2.32. The van der Waals surface area contributed by atoms with Crippen molar-refractivity contribution in [2.75, 3.05) is 0 Å². The summed E-state index contributed by atoms with van der Waals surface area (Å²) in [5.41, 5.74) is 0. The number of halogens is 3. The van der Waals surface area contributed by atoms with E-state index in [2.05, 4.69) is 0 Å². The van der Waals surface area contributed by atoms with Crippen molar-refractivity contribution in [3.05, 3.63) is 31.9 Å². The molecule has 0 radical (unpaired) electrons. The molecule has 12 heavy (non-hydrogen) atoms. The molecule has 2 rings (SSSR count). The summed E-state index contributed by atoms with van der Waals surface area (Å²) in [4.78, 5) is 0. The van der Waals surface area contributed by atoms with Crippen molar-refractivity contribution in [1.29, 1.82) is 0 Å². The van der Waals surface area contributed by atoms with Gasteiger partial charge in [-0.1, -0.05) is 11.6 Å². The molecule has 0 fully saturated rings. The number of hydrogen-bond donors (Lipinski definition) is 0. The van der Waals surface area contributed by atoms with Crippen LogP contribution >= 0.6 is 45.5 Å². The monoisotopic (exact) mass is 312 g/mol. The first-order valence-corrected chi connectivity index (χ1v) is 5.54. The second kappa shape index (κ2) is 3.12. The van der Waals surface area contributed by atoms with Crippen LogP contribution in [-0.4, -0.2) is 0 Å². The Bertz CT molecular complexity index is 438. The van der Waals surface area contributed by atoms with Crippen LogP contribution in [0.2, 0.25) is 5.02 Å². The normalized spacial score (nSPS) is 10.9. The van der Waals surface area contributed by atoms with Crippen LogP contribution in [0.15, 0.2) is 17.5 Å². The summed E-state index contributed by atoms with van der Waals surface area (Å²) in [7, 11) is 0. The zero-order chi connectivity index (χ0) is 8.72. The second-order valence-corrected chi connectivity index (χ2v) is 4.80. The Hall–Kier alpha value is 0.130. The molecule has 0 aliphatic heterocycles. The molecule has 4 heteroatoms. The summed E-state index contributed by atoms with van der Waals surface area (Å²) < 4.78 is 14.6. The Kier molecular flexibility index (Phi) is 2.27. The van der Waals surface area contributed by atoms with Crippen LogP contribution in [0, 0.1) is 9.39 Å². The van der Waals surface area contributed by atoms with Crippen molar-refractivity contribution in [1.82, 2.24) is 0 Å². The minimum absolute atomic E-state index is 0.162. The van der Waals surface area contributed by atoms with E-state index >= 15 is 0 Å². The molecule has 1 heterocycles. The molecule has 0 nitrogen and oxygen atoms in total. The van der Waals surface area contributed by atoms with Crippen molar-refractivity contribution in [3.63, 3.8) is 0 Å². The van der Waals surface area contributed by atoms with E-state index in [0.29, 0.717) is 13.3 Å². The maximum absolute atomic E-state index is 13.4. The van der Waals surface area contributed by atoms with Gasteiger partial charge in [0.1, 0.15) is 0 Å². The molecule has 0 aliphatic carbocycles. The van der Waals surface area contributed by atoms with Crippen LogP contribution in [0.1, 0.15) is 0 Å². The number of fused-ring (bicyclic) bond motifs is 1. The molecule has 1 aromatic heterocycles. The molecule has 1 aromatic carbocycles. The van der Waals surface area contributed by atoms with Crippen LogP contribution in [0.4, 0.5) is 4.39 Å². The summed E-state index contributed by atoms with van der Waals surface area (Å²) in [6, 6.07) is 3.48. The first-order chi connectivity index (χ1) is 5.70. The van der Waals surface area contributed by atoms with Gasteiger partial charge in [-0.15, -0.1) is 11.3 Å². The molecular formula is C8H3ClFIS. The Morgan fingerprint density at radius 3 is 3.00 bits per heavy atom. The summed E-state index contributed by atoms with van der Waals surface area (Å²) in [6.07, 6.45) is 0. The number of benzene rings is 1. The Morgan fingerprint density at radius 1 is 1.50 bits per heavy atom. The first kappa shape index (κ1) is 8.72. The molecule has 0 bridgehead atoms. The lowest BCUT2D eigenvalue weighted by Crippen LogP contribution is -1.81. The molecular weight excluding hydrogens is 310 g/mol. The molecule has 0 N–H and O–H groups in total. The fourth-order valence-electron chi connectivity index (χ4n) is 1.03. The summed E-state index contributed by atoms with van der Waals surface area (Å²) in [5.74, 6) is -0.162. The van der Waals surface area contributed by atoms with Gasteiger partial charge in [-0.25, -0.2) is 4.39 Å². The van der Waals surface area contributed by atoms with Crippen molar-refractivity contribution in [2.24, 2.45) is 0 Å². The molecule has 0 saturated heterocycles. The van der Waals surface area contributed by atoms with E-state index in [0.717, 1.165) is 5.39 Å². The predicted octanol–water partition coefficient (Wildman–Crippen LogP) is 4.30. The van der Waals surface area contributed by atoms with Crippen LogP contribution in [0.3, 0.4) is 0 Å². The van der Waals surface area contributed by atoms with Crippen molar-refractivity contribution in [3.8, 4) is 0 Å².